The molecule has 0 unspecified atom stereocenters. The number of amides is 2. The molecule has 0 aromatic carbocycles. The zero-order valence-electron chi connectivity index (χ0n) is 15.7. The van der Waals surface area contributed by atoms with Gasteiger partial charge in [0.05, 0.1) is 11.4 Å². The van der Waals surface area contributed by atoms with Gasteiger partial charge in [-0.25, -0.2) is 0 Å². The molecule has 0 radical (unpaired) electrons. The van der Waals surface area contributed by atoms with Gasteiger partial charge in [0, 0.05) is 24.8 Å². The lowest BCUT2D eigenvalue weighted by Crippen LogP contribution is -2.16. The number of nitrogens with zero attached hydrogens (tertiary/aromatic N) is 4. The van der Waals surface area contributed by atoms with Gasteiger partial charge in [-0.15, -0.1) is 0 Å². The monoisotopic (exact) mass is 396 g/mol. The molecule has 8 heteroatoms. The molecule has 0 aliphatic heterocycles. The van der Waals surface area contributed by atoms with Crippen LogP contribution >= 0.6 is 0 Å². The van der Waals surface area contributed by atoms with Gasteiger partial charge in [-0.3, -0.25) is 29.5 Å². The normalized spacial score (nSPS) is 10.3. The number of anilines is 2. The summed E-state index contributed by atoms with van der Waals surface area (Å²) in [5.74, 6) is -0.750. The number of pyridine rings is 4. The maximum atomic E-state index is 12.5. The quantitative estimate of drug-likeness (QED) is 0.535. The summed E-state index contributed by atoms with van der Waals surface area (Å²) in [6, 6.07) is 17.0. The highest BCUT2D eigenvalue weighted by Gasteiger charge is 2.17. The topological polar surface area (TPSA) is 110 Å². The van der Waals surface area contributed by atoms with Crippen LogP contribution in [-0.2, 0) is 0 Å². The summed E-state index contributed by atoms with van der Waals surface area (Å²) in [5, 5.41) is 5.62. The van der Waals surface area contributed by atoms with E-state index in [1.807, 2.05) is 0 Å². The first-order valence-electron chi connectivity index (χ1n) is 9.07. The molecular weight excluding hydrogens is 380 g/mol. The van der Waals surface area contributed by atoms with E-state index in [0.29, 0.717) is 22.8 Å². The van der Waals surface area contributed by atoms with Crippen LogP contribution < -0.4 is 10.6 Å². The lowest BCUT2D eigenvalue weighted by Gasteiger charge is -2.13. The van der Waals surface area contributed by atoms with E-state index in [2.05, 4.69) is 30.6 Å². The molecule has 2 N–H and O–H groups in total. The van der Waals surface area contributed by atoms with Crippen molar-refractivity contribution in [2.45, 2.75) is 0 Å². The average molecular weight is 396 g/mol. The Bertz CT molecular complexity index is 1090. The van der Waals surface area contributed by atoms with Crippen LogP contribution in [0.15, 0.2) is 85.5 Å². The van der Waals surface area contributed by atoms with E-state index in [-0.39, 0.29) is 23.2 Å². The summed E-state index contributed by atoms with van der Waals surface area (Å²) in [6.45, 7) is 0. The van der Waals surface area contributed by atoms with Crippen molar-refractivity contribution >= 4 is 23.2 Å². The maximum absolute atomic E-state index is 12.5. The molecule has 0 atom stereocenters. The van der Waals surface area contributed by atoms with Crippen LogP contribution in [0.3, 0.4) is 0 Å². The highest BCUT2D eigenvalue weighted by atomic mass is 16.2. The average Bonchev–Trinajstić information content (AvgIpc) is 2.81. The first-order valence-corrected chi connectivity index (χ1v) is 9.07. The molecule has 0 fully saturated rings. The molecule has 0 aliphatic rings. The number of nitrogens with one attached hydrogen (secondary N) is 2. The molecule has 4 heterocycles. The van der Waals surface area contributed by atoms with Crippen molar-refractivity contribution in [1.29, 1.82) is 0 Å². The molecule has 0 saturated heterocycles. The largest absolute Gasteiger partial charge is 0.319 e. The van der Waals surface area contributed by atoms with Crippen molar-refractivity contribution in [3.8, 4) is 11.4 Å². The van der Waals surface area contributed by atoms with E-state index in [9.17, 15) is 9.59 Å². The minimum absolute atomic E-state index is 0.275. The second-order valence-corrected chi connectivity index (χ2v) is 6.14. The van der Waals surface area contributed by atoms with Crippen molar-refractivity contribution in [3.05, 3.63) is 96.8 Å². The molecule has 4 rings (SSSR count). The minimum Gasteiger partial charge on any atom is -0.319 e. The lowest BCUT2D eigenvalue weighted by atomic mass is 10.1. The minimum atomic E-state index is -0.375. The Hall–Kier alpha value is -4.46. The predicted octanol–water partition coefficient (Wildman–Crippen LogP) is 3.44. The van der Waals surface area contributed by atoms with Crippen molar-refractivity contribution in [2.24, 2.45) is 0 Å². The second-order valence-electron chi connectivity index (χ2n) is 6.14. The van der Waals surface area contributed by atoms with E-state index in [0.717, 1.165) is 0 Å². The number of aromatic nitrogens is 4. The molecule has 0 bridgehead atoms. The van der Waals surface area contributed by atoms with Gasteiger partial charge in [-0.1, -0.05) is 12.1 Å². The molecule has 2 amide bonds. The fraction of sp³-hybridized carbons (Fsp3) is 0. The lowest BCUT2D eigenvalue weighted by molar-refractivity contribution is 0.101. The van der Waals surface area contributed by atoms with Crippen LogP contribution in [0.1, 0.15) is 21.0 Å². The van der Waals surface area contributed by atoms with E-state index in [1.165, 1.54) is 0 Å². The summed E-state index contributed by atoms with van der Waals surface area (Å²) in [4.78, 5) is 41.9. The summed E-state index contributed by atoms with van der Waals surface area (Å²) >= 11 is 0. The Morgan fingerprint density at radius 1 is 0.533 bits per heavy atom. The fourth-order valence-electron chi connectivity index (χ4n) is 2.76. The molecule has 0 aliphatic carbocycles. The number of hydrogen-bond donors (Lipinski definition) is 2. The Labute approximate surface area is 172 Å². The van der Waals surface area contributed by atoms with E-state index in [1.54, 1.807) is 85.5 Å². The van der Waals surface area contributed by atoms with Crippen LogP contribution in [-0.4, -0.2) is 31.8 Å². The Morgan fingerprint density at radius 2 is 0.967 bits per heavy atom. The maximum Gasteiger partial charge on any atom is 0.274 e. The van der Waals surface area contributed by atoms with Gasteiger partial charge in [0.1, 0.15) is 22.8 Å². The highest BCUT2D eigenvalue weighted by Crippen LogP contribution is 2.30. The van der Waals surface area contributed by atoms with Gasteiger partial charge in [0.2, 0.25) is 0 Å². The molecule has 4 aromatic heterocycles. The van der Waals surface area contributed by atoms with Gasteiger partial charge in [-0.05, 0) is 48.5 Å². The number of hydrogen-bond acceptors (Lipinski definition) is 6. The van der Waals surface area contributed by atoms with Crippen molar-refractivity contribution in [2.75, 3.05) is 10.6 Å². The van der Waals surface area contributed by atoms with Gasteiger partial charge in [0.15, 0.2) is 0 Å². The molecule has 0 spiro atoms. The van der Waals surface area contributed by atoms with E-state index < -0.39 is 0 Å². The summed E-state index contributed by atoms with van der Waals surface area (Å²) in [5.41, 5.74) is 2.27. The second kappa shape index (κ2) is 8.70. The van der Waals surface area contributed by atoms with Crippen molar-refractivity contribution < 1.29 is 9.59 Å². The highest BCUT2D eigenvalue weighted by molar-refractivity contribution is 6.07. The Balaban J connectivity index is 1.65. The molecule has 8 nitrogen and oxygen atoms in total. The number of rotatable bonds is 5. The van der Waals surface area contributed by atoms with E-state index in [4.69, 9.17) is 0 Å². The van der Waals surface area contributed by atoms with Crippen LogP contribution in [0.2, 0.25) is 0 Å². The van der Waals surface area contributed by atoms with Crippen LogP contribution in [0.4, 0.5) is 11.4 Å². The molecular formula is C22H16N6O2. The summed E-state index contributed by atoms with van der Waals surface area (Å²) in [7, 11) is 0. The fourth-order valence-corrected chi connectivity index (χ4v) is 2.76. The van der Waals surface area contributed by atoms with Crippen LogP contribution in [0.5, 0.6) is 0 Å². The van der Waals surface area contributed by atoms with Gasteiger partial charge < -0.3 is 10.6 Å². The third-order valence-electron chi connectivity index (χ3n) is 4.13. The third kappa shape index (κ3) is 4.17. The first kappa shape index (κ1) is 18.9. The summed E-state index contributed by atoms with van der Waals surface area (Å²) in [6.07, 6.45) is 6.27. The molecule has 146 valence electrons. The first-order chi connectivity index (χ1) is 14.7. The van der Waals surface area contributed by atoms with Crippen LogP contribution in [0.25, 0.3) is 11.4 Å². The SMILES string of the molecule is O=C(Nc1cccnc1-c1ncccc1NC(=O)c1ccccn1)c1ccccn1. The van der Waals surface area contributed by atoms with Gasteiger partial charge in [0.25, 0.3) is 11.8 Å². The molecule has 30 heavy (non-hydrogen) atoms. The van der Waals surface area contributed by atoms with Gasteiger partial charge >= 0.3 is 0 Å². The zero-order valence-corrected chi connectivity index (χ0v) is 15.7. The predicted molar refractivity (Wildman–Crippen MR) is 112 cm³/mol. The zero-order chi connectivity index (χ0) is 20.8. The van der Waals surface area contributed by atoms with Crippen LogP contribution in [0, 0.1) is 0 Å². The van der Waals surface area contributed by atoms with Crippen molar-refractivity contribution in [1.82, 2.24) is 19.9 Å². The van der Waals surface area contributed by atoms with E-state index >= 15 is 0 Å². The Kier molecular flexibility index (Phi) is 5.47. The third-order valence-corrected chi connectivity index (χ3v) is 4.13. The smallest absolute Gasteiger partial charge is 0.274 e. The van der Waals surface area contributed by atoms with Crippen molar-refractivity contribution in [3.63, 3.8) is 0 Å². The summed E-state index contributed by atoms with van der Waals surface area (Å²) < 4.78 is 0. The van der Waals surface area contributed by atoms with Gasteiger partial charge in [-0.2, -0.15) is 0 Å². The molecule has 0 saturated carbocycles. The number of carbonyl (C=O) groups is 2. The Morgan fingerprint density at radius 3 is 1.37 bits per heavy atom. The molecule has 4 aromatic rings. The standard InChI is InChI=1S/C22H16N6O2/c29-21(17-7-1-3-11-23-17)27-15-9-5-13-25-19(15)20-16(10-6-14-26-20)28-22(30)18-8-2-4-12-24-18/h1-14H,(H,27,29)(H,28,30). The number of carbonyl (C=O) groups excluding carboxylic acids is 2.